The van der Waals surface area contributed by atoms with Crippen molar-refractivity contribution in [2.45, 2.75) is 160 Å². The zero-order valence-corrected chi connectivity index (χ0v) is 29.3. The van der Waals surface area contributed by atoms with Crippen LogP contribution in [0.3, 0.4) is 0 Å². The molecule has 0 spiro atoms. The fourth-order valence-corrected chi connectivity index (χ4v) is 5.09. The fourth-order valence-electron chi connectivity index (χ4n) is 5.09. The molecule has 6 atom stereocenters. The molecule has 0 saturated carbocycles. The first kappa shape index (κ1) is 43.2. The molecule has 4 N–H and O–H groups in total. The number of aliphatic hydroxyl groups is 4. The third-order valence-electron chi connectivity index (χ3n) is 7.96. The fraction of sp³-hybridized carbons (Fsp3) is 0.763. The van der Waals surface area contributed by atoms with E-state index in [0.29, 0.717) is 13.0 Å². The molecule has 0 amide bonds. The summed E-state index contributed by atoms with van der Waals surface area (Å²) in [6, 6.07) is 0. The topological polar surface area (TPSA) is 135 Å². The van der Waals surface area contributed by atoms with E-state index in [2.05, 4.69) is 62.5 Å². The van der Waals surface area contributed by atoms with Crippen LogP contribution in [0.2, 0.25) is 0 Å². The molecule has 6 unspecified atom stereocenters. The molecule has 0 aliphatic carbocycles. The smallest absolute Gasteiger partial charge is 0.306 e. The lowest BCUT2D eigenvalue weighted by Crippen LogP contribution is -2.59. The van der Waals surface area contributed by atoms with Gasteiger partial charge in [-0.3, -0.25) is 4.79 Å². The molecule has 1 fully saturated rings. The highest BCUT2D eigenvalue weighted by atomic mass is 16.7. The van der Waals surface area contributed by atoms with Gasteiger partial charge in [-0.15, -0.1) is 0 Å². The molecule has 1 rings (SSSR count). The molecule has 1 saturated heterocycles. The zero-order valence-electron chi connectivity index (χ0n) is 29.3. The van der Waals surface area contributed by atoms with Crippen molar-refractivity contribution >= 4 is 5.97 Å². The Kier molecular flexibility index (Phi) is 27.8. The highest BCUT2D eigenvalue weighted by Gasteiger charge is 2.44. The van der Waals surface area contributed by atoms with E-state index in [4.69, 9.17) is 18.9 Å². The van der Waals surface area contributed by atoms with Crippen LogP contribution in [0.15, 0.2) is 48.6 Å². The van der Waals surface area contributed by atoms with E-state index in [0.717, 1.165) is 96.3 Å². The average Bonchev–Trinajstić information content (AvgIpc) is 3.07. The minimum Gasteiger partial charge on any atom is -0.457 e. The van der Waals surface area contributed by atoms with Crippen LogP contribution in [0, 0.1) is 0 Å². The number of carbonyl (C=O) groups excluding carboxylic acids is 1. The van der Waals surface area contributed by atoms with E-state index in [9.17, 15) is 25.2 Å². The maximum Gasteiger partial charge on any atom is 0.306 e. The van der Waals surface area contributed by atoms with E-state index in [1.165, 1.54) is 6.42 Å². The van der Waals surface area contributed by atoms with Crippen molar-refractivity contribution in [3.8, 4) is 0 Å². The van der Waals surface area contributed by atoms with E-state index >= 15 is 0 Å². The molecule has 0 aromatic rings. The SMILES string of the molecule is CC/C=C\C/C=C\C/C=C\CCCCCCOCC(COC1OC(CO)C(O)C(O)C1O)OC(=O)CCCCCCC/C=C\CCC. The third-order valence-corrected chi connectivity index (χ3v) is 7.96. The summed E-state index contributed by atoms with van der Waals surface area (Å²) >= 11 is 0. The van der Waals surface area contributed by atoms with Crippen molar-refractivity contribution in [3.05, 3.63) is 48.6 Å². The van der Waals surface area contributed by atoms with Crippen LogP contribution in [-0.4, -0.2) is 89.6 Å². The first-order valence-corrected chi connectivity index (χ1v) is 18.2. The first-order valence-electron chi connectivity index (χ1n) is 18.2. The summed E-state index contributed by atoms with van der Waals surface area (Å²) in [4.78, 5) is 12.6. The lowest BCUT2D eigenvalue weighted by Gasteiger charge is -2.39. The van der Waals surface area contributed by atoms with Gasteiger partial charge in [0.15, 0.2) is 6.29 Å². The van der Waals surface area contributed by atoms with Crippen LogP contribution in [0.5, 0.6) is 0 Å². The summed E-state index contributed by atoms with van der Waals surface area (Å²) in [6.07, 6.45) is 27.1. The summed E-state index contributed by atoms with van der Waals surface area (Å²) in [5, 5.41) is 39.8. The maximum atomic E-state index is 12.6. The van der Waals surface area contributed by atoms with Gasteiger partial charge in [-0.05, 0) is 64.2 Å². The summed E-state index contributed by atoms with van der Waals surface area (Å²) in [7, 11) is 0. The van der Waals surface area contributed by atoms with Gasteiger partial charge in [-0.25, -0.2) is 0 Å². The standard InChI is InChI=1S/C38H66O9/c1-3-5-7-9-11-13-15-16-17-18-20-22-24-26-28-44-30-32(31-45-38-37(43)36(42)35(41)33(29-39)47-38)46-34(40)27-25-23-21-19-14-12-10-8-6-4-2/h5,7-8,10-11,13,16-17,32-33,35-39,41-43H,3-4,6,9,12,14-15,18-31H2,1-2H3/b7-5-,10-8-,13-11-,17-16-. The first-order chi connectivity index (χ1) is 22.9. The van der Waals surface area contributed by atoms with Crippen molar-refractivity contribution < 1.29 is 44.2 Å². The highest BCUT2D eigenvalue weighted by Crippen LogP contribution is 2.22. The molecule has 9 nitrogen and oxygen atoms in total. The van der Waals surface area contributed by atoms with Crippen molar-refractivity contribution in [3.63, 3.8) is 0 Å². The number of allylic oxidation sites excluding steroid dienone is 8. The van der Waals surface area contributed by atoms with Gasteiger partial charge in [0, 0.05) is 13.0 Å². The molecule has 0 bridgehead atoms. The van der Waals surface area contributed by atoms with Gasteiger partial charge in [-0.1, -0.05) is 101 Å². The zero-order chi connectivity index (χ0) is 34.4. The number of rotatable bonds is 29. The Morgan fingerprint density at radius 2 is 1.30 bits per heavy atom. The second-order valence-electron chi connectivity index (χ2n) is 12.3. The molecule has 0 aromatic carbocycles. The molecule has 0 aromatic heterocycles. The van der Waals surface area contributed by atoms with E-state index < -0.39 is 43.4 Å². The van der Waals surface area contributed by atoms with E-state index in [1.807, 2.05) is 0 Å². The monoisotopic (exact) mass is 666 g/mol. The normalized spacial score (nSPS) is 22.7. The number of hydrogen-bond acceptors (Lipinski definition) is 9. The molecule has 0 radical (unpaired) electrons. The number of unbranched alkanes of at least 4 members (excludes halogenated alkanes) is 10. The van der Waals surface area contributed by atoms with E-state index in [-0.39, 0.29) is 19.2 Å². The summed E-state index contributed by atoms with van der Waals surface area (Å²) in [5.41, 5.74) is 0. The number of esters is 1. The second-order valence-corrected chi connectivity index (χ2v) is 12.3. The predicted molar refractivity (Wildman–Crippen MR) is 187 cm³/mol. The predicted octanol–water partition coefficient (Wildman–Crippen LogP) is 6.63. The van der Waals surface area contributed by atoms with Gasteiger partial charge >= 0.3 is 5.97 Å². The molecule has 47 heavy (non-hydrogen) atoms. The lowest BCUT2D eigenvalue weighted by atomic mass is 9.99. The summed E-state index contributed by atoms with van der Waals surface area (Å²) < 4.78 is 22.6. The minimum absolute atomic E-state index is 0.124. The number of hydrogen-bond donors (Lipinski definition) is 4. The van der Waals surface area contributed by atoms with Gasteiger partial charge in [0.1, 0.15) is 30.5 Å². The lowest BCUT2D eigenvalue weighted by molar-refractivity contribution is -0.305. The Balaban J connectivity index is 2.38. The third kappa shape index (κ3) is 22.4. The molecule has 272 valence electrons. The Bertz CT molecular complexity index is 854. The minimum atomic E-state index is -1.54. The largest absolute Gasteiger partial charge is 0.457 e. The highest BCUT2D eigenvalue weighted by molar-refractivity contribution is 5.69. The van der Waals surface area contributed by atoms with Crippen LogP contribution >= 0.6 is 0 Å². The number of carbonyl (C=O) groups is 1. The Morgan fingerprint density at radius 3 is 1.98 bits per heavy atom. The van der Waals surface area contributed by atoms with Crippen LogP contribution < -0.4 is 0 Å². The van der Waals surface area contributed by atoms with Crippen molar-refractivity contribution in [2.24, 2.45) is 0 Å². The molecule has 1 heterocycles. The van der Waals surface area contributed by atoms with Crippen LogP contribution in [-0.2, 0) is 23.7 Å². The molecule has 1 aliphatic heterocycles. The molecular formula is C38H66O9. The van der Waals surface area contributed by atoms with Crippen LogP contribution in [0.1, 0.15) is 123 Å². The van der Waals surface area contributed by atoms with Gasteiger partial charge in [0.25, 0.3) is 0 Å². The Labute approximate surface area is 284 Å². The van der Waals surface area contributed by atoms with Crippen molar-refractivity contribution in [1.29, 1.82) is 0 Å². The quantitative estimate of drug-likeness (QED) is 0.0394. The number of ether oxygens (including phenoxy) is 4. The Morgan fingerprint density at radius 1 is 0.702 bits per heavy atom. The van der Waals surface area contributed by atoms with Crippen LogP contribution in [0.25, 0.3) is 0 Å². The van der Waals surface area contributed by atoms with Crippen LogP contribution in [0.4, 0.5) is 0 Å². The molecule has 9 heteroatoms. The van der Waals surface area contributed by atoms with Crippen molar-refractivity contribution in [2.75, 3.05) is 26.4 Å². The summed E-state index contributed by atoms with van der Waals surface area (Å²) in [5.74, 6) is -0.338. The number of aliphatic hydroxyl groups excluding tert-OH is 4. The average molecular weight is 667 g/mol. The van der Waals surface area contributed by atoms with Gasteiger partial charge in [0.05, 0.1) is 19.8 Å². The molecular weight excluding hydrogens is 600 g/mol. The molecule has 1 aliphatic rings. The van der Waals surface area contributed by atoms with Gasteiger partial charge < -0.3 is 39.4 Å². The van der Waals surface area contributed by atoms with Gasteiger partial charge in [0.2, 0.25) is 0 Å². The van der Waals surface area contributed by atoms with Gasteiger partial charge in [-0.2, -0.15) is 0 Å². The van der Waals surface area contributed by atoms with E-state index in [1.54, 1.807) is 0 Å². The Hall–Kier alpha value is -1.85. The van der Waals surface area contributed by atoms with Crippen molar-refractivity contribution in [1.82, 2.24) is 0 Å². The maximum absolute atomic E-state index is 12.6. The summed E-state index contributed by atoms with van der Waals surface area (Å²) in [6.45, 7) is 4.28. The second kappa shape index (κ2) is 30.2.